The molecular weight excluding hydrogens is 398 g/mol. The summed E-state index contributed by atoms with van der Waals surface area (Å²) in [6.07, 6.45) is 0. The Balaban J connectivity index is 1.28. The van der Waals surface area contributed by atoms with Crippen LogP contribution in [0.4, 0.5) is 5.69 Å². The van der Waals surface area contributed by atoms with Crippen LogP contribution in [0.5, 0.6) is 5.75 Å². The third-order valence-electron chi connectivity index (χ3n) is 4.23. The van der Waals surface area contributed by atoms with E-state index in [0.29, 0.717) is 29.4 Å². The van der Waals surface area contributed by atoms with E-state index in [1.165, 1.54) is 0 Å². The number of anilines is 1. The molecule has 0 atom stereocenters. The lowest BCUT2D eigenvalue weighted by Crippen LogP contribution is -2.11. The SMILES string of the molecule is O=C(Nc1ccc(OCc2ccccc2)cc1)c1ccc(SCc2nn[nH]n2)cc1. The smallest absolute Gasteiger partial charge is 0.255 e. The zero-order valence-corrected chi connectivity index (χ0v) is 16.8. The van der Waals surface area contributed by atoms with Gasteiger partial charge >= 0.3 is 0 Å². The quantitative estimate of drug-likeness (QED) is 0.415. The Kier molecular flexibility index (Phi) is 6.36. The molecule has 0 fully saturated rings. The van der Waals surface area contributed by atoms with Gasteiger partial charge in [0.15, 0.2) is 5.82 Å². The summed E-state index contributed by atoms with van der Waals surface area (Å²) in [5.74, 6) is 1.83. The minimum atomic E-state index is -0.164. The lowest BCUT2D eigenvalue weighted by molar-refractivity contribution is 0.102. The molecule has 3 aromatic carbocycles. The fraction of sp³-hybridized carbons (Fsp3) is 0.0909. The normalized spacial score (nSPS) is 10.5. The van der Waals surface area contributed by atoms with Gasteiger partial charge in [0.25, 0.3) is 5.91 Å². The van der Waals surface area contributed by atoms with E-state index in [1.54, 1.807) is 23.9 Å². The fourth-order valence-electron chi connectivity index (χ4n) is 2.67. The molecule has 0 spiro atoms. The minimum absolute atomic E-state index is 0.164. The standard InChI is InChI=1S/C22H19N5O2S/c28-22(17-6-12-20(13-7-17)30-15-21-24-26-27-25-21)23-18-8-10-19(11-9-18)29-14-16-4-2-1-3-5-16/h1-13H,14-15H2,(H,23,28)(H,24,25,26,27). The van der Waals surface area contributed by atoms with Crippen molar-refractivity contribution in [1.29, 1.82) is 0 Å². The van der Waals surface area contributed by atoms with Gasteiger partial charge in [-0.1, -0.05) is 35.5 Å². The van der Waals surface area contributed by atoms with Crippen molar-refractivity contribution in [2.24, 2.45) is 0 Å². The van der Waals surface area contributed by atoms with E-state index in [-0.39, 0.29) is 5.91 Å². The monoisotopic (exact) mass is 417 g/mol. The van der Waals surface area contributed by atoms with Gasteiger partial charge in [0, 0.05) is 16.1 Å². The van der Waals surface area contributed by atoms with E-state index in [1.807, 2.05) is 66.7 Å². The molecule has 1 amide bonds. The zero-order valence-electron chi connectivity index (χ0n) is 16.0. The predicted molar refractivity (Wildman–Crippen MR) is 115 cm³/mol. The maximum atomic E-state index is 12.5. The number of hydrogen-bond acceptors (Lipinski definition) is 6. The number of thioether (sulfide) groups is 1. The van der Waals surface area contributed by atoms with Gasteiger partial charge in [0.1, 0.15) is 12.4 Å². The van der Waals surface area contributed by atoms with E-state index in [4.69, 9.17) is 4.74 Å². The molecule has 0 bridgehead atoms. The third-order valence-corrected chi connectivity index (χ3v) is 5.24. The second-order valence-electron chi connectivity index (χ2n) is 6.39. The number of aromatic amines is 1. The Hall–Kier alpha value is -3.65. The van der Waals surface area contributed by atoms with E-state index in [9.17, 15) is 4.79 Å². The molecule has 0 unspecified atom stereocenters. The van der Waals surface area contributed by atoms with Crippen LogP contribution in [0.1, 0.15) is 21.7 Å². The fourth-order valence-corrected chi connectivity index (χ4v) is 3.42. The van der Waals surface area contributed by atoms with E-state index < -0.39 is 0 Å². The van der Waals surface area contributed by atoms with Gasteiger partial charge in [0.05, 0.1) is 5.75 Å². The summed E-state index contributed by atoms with van der Waals surface area (Å²) in [6.45, 7) is 0.504. The van der Waals surface area contributed by atoms with Gasteiger partial charge in [-0.15, -0.1) is 22.0 Å². The molecule has 150 valence electrons. The third kappa shape index (κ3) is 5.45. The molecule has 0 saturated heterocycles. The summed E-state index contributed by atoms with van der Waals surface area (Å²) in [4.78, 5) is 13.5. The number of aromatic nitrogens is 4. The van der Waals surface area contributed by atoms with Crippen molar-refractivity contribution < 1.29 is 9.53 Å². The highest BCUT2D eigenvalue weighted by Crippen LogP contribution is 2.22. The highest BCUT2D eigenvalue weighted by Gasteiger charge is 2.07. The van der Waals surface area contributed by atoms with Crippen molar-refractivity contribution in [2.75, 3.05) is 5.32 Å². The first kappa shape index (κ1) is 19.7. The predicted octanol–water partition coefficient (Wildman–Crippen LogP) is 4.32. The van der Waals surface area contributed by atoms with Crippen LogP contribution in [0, 0.1) is 0 Å². The molecule has 30 heavy (non-hydrogen) atoms. The van der Waals surface area contributed by atoms with Crippen LogP contribution >= 0.6 is 11.8 Å². The average molecular weight is 417 g/mol. The number of benzene rings is 3. The number of nitrogens with zero attached hydrogens (tertiary/aromatic N) is 3. The van der Waals surface area contributed by atoms with Gasteiger partial charge in [-0.2, -0.15) is 5.21 Å². The number of carbonyl (C=O) groups is 1. The lowest BCUT2D eigenvalue weighted by atomic mass is 10.2. The van der Waals surface area contributed by atoms with Crippen molar-refractivity contribution in [1.82, 2.24) is 20.6 Å². The van der Waals surface area contributed by atoms with Gasteiger partial charge in [-0.05, 0) is 54.1 Å². The van der Waals surface area contributed by atoms with E-state index >= 15 is 0 Å². The highest BCUT2D eigenvalue weighted by atomic mass is 32.2. The summed E-state index contributed by atoms with van der Waals surface area (Å²) < 4.78 is 5.77. The van der Waals surface area contributed by atoms with Crippen molar-refractivity contribution in [2.45, 2.75) is 17.3 Å². The first-order valence-corrected chi connectivity index (χ1v) is 10.3. The zero-order chi connectivity index (χ0) is 20.6. The summed E-state index contributed by atoms with van der Waals surface area (Å²) in [5, 5.41) is 16.7. The van der Waals surface area contributed by atoms with Gasteiger partial charge in [-0.25, -0.2) is 0 Å². The summed E-state index contributed by atoms with van der Waals surface area (Å²) >= 11 is 1.58. The molecule has 0 saturated carbocycles. The molecule has 1 aromatic heterocycles. The molecule has 0 aliphatic rings. The summed E-state index contributed by atoms with van der Waals surface area (Å²) in [5.41, 5.74) is 2.40. The van der Waals surface area contributed by atoms with Gasteiger partial charge < -0.3 is 10.1 Å². The molecule has 4 aromatic rings. The number of nitrogens with one attached hydrogen (secondary N) is 2. The second kappa shape index (κ2) is 9.71. The number of ether oxygens (including phenoxy) is 1. The summed E-state index contributed by atoms with van der Waals surface area (Å²) in [6, 6.07) is 24.7. The van der Waals surface area contributed by atoms with Crippen molar-refractivity contribution in [3.8, 4) is 5.75 Å². The first-order valence-electron chi connectivity index (χ1n) is 9.29. The van der Waals surface area contributed by atoms with Crippen molar-refractivity contribution in [3.05, 3.63) is 95.8 Å². The van der Waals surface area contributed by atoms with Crippen LogP contribution in [0.2, 0.25) is 0 Å². The number of H-pyrrole nitrogens is 1. The van der Waals surface area contributed by atoms with Crippen LogP contribution in [-0.2, 0) is 12.4 Å². The lowest BCUT2D eigenvalue weighted by Gasteiger charge is -2.09. The van der Waals surface area contributed by atoms with Crippen LogP contribution in [-0.4, -0.2) is 26.5 Å². The molecule has 2 N–H and O–H groups in total. The average Bonchev–Trinajstić information content (AvgIpc) is 3.32. The van der Waals surface area contributed by atoms with Crippen LogP contribution in [0.3, 0.4) is 0 Å². The topological polar surface area (TPSA) is 92.8 Å². The number of rotatable bonds is 8. The Morgan fingerprint density at radius 3 is 2.43 bits per heavy atom. The first-order chi connectivity index (χ1) is 14.8. The maximum Gasteiger partial charge on any atom is 0.255 e. The van der Waals surface area contributed by atoms with Crippen molar-refractivity contribution >= 4 is 23.4 Å². The Bertz CT molecular complexity index is 1070. The van der Waals surface area contributed by atoms with Crippen LogP contribution < -0.4 is 10.1 Å². The summed E-state index contributed by atoms with van der Waals surface area (Å²) in [7, 11) is 0. The maximum absolute atomic E-state index is 12.5. The van der Waals surface area contributed by atoms with Crippen LogP contribution in [0.25, 0.3) is 0 Å². The molecule has 0 radical (unpaired) electrons. The molecule has 0 aliphatic carbocycles. The van der Waals surface area contributed by atoms with Gasteiger partial charge in [-0.3, -0.25) is 4.79 Å². The molecule has 0 aliphatic heterocycles. The van der Waals surface area contributed by atoms with E-state index in [2.05, 4.69) is 25.9 Å². The molecule has 7 nitrogen and oxygen atoms in total. The molecule has 8 heteroatoms. The molecule has 1 heterocycles. The Morgan fingerprint density at radius 1 is 0.967 bits per heavy atom. The molecule has 4 rings (SSSR count). The van der Waals surface area contributed by atoms with Crippen molar-refractivity contribution in [3.63, 3.8) is 0 Å². The largest absolute Gasteiger partial charge is 0.489 e. The van der Waals surface area contributed by atoms with Gasteiger partial charge in [0.2, 0.25) is 0 Å². The number of amides is 1. The Labute approximate surface area is 177 Å². The van der Waals surface area contributed by atoms with E-state index in [0.717, 1.165) is 16.2 Å². The second-order valence-corrected chi connectivity index (χ2v) is 7.44. The van der Waals surface area contributed by atoms with Crippen LogP contribution in [0.15, 0.2) is 83.8 Å². The Morgan fingerprint density at radius 2 is 1.73 bits per heavy atom. The number of carbonyl (C=O) groups excluding carboxylic acids is 1. The number of tetrazole rings is 1. The minimum Gasteiger partial charge on any atom is -0.489 e. The molecular formula is C22H19N5O2S. The highest BCUT2D eigenvalue weighted by molar-refractivity contribution is 7.98. The number of hydrogen-bond donors (Lipinski definition) is 2.